The summed E-state index contributed by atoms with van der Waals surface area (Å²) in [6.07, 6.45) is 1.41. The number of nitrogens with two attached hydrogens (primary N) is 1. The van der Waals surface area contributed by atoms with Crippen LogP contribution in [0.25, 0.3) is 0 Å². The normalized spacial score (nSPS) is 10.1. The molecule has 0 aliphatic heterocycles. The topological polar surface area (TPSA) is 73.5 Å². The fourth-order valence-electron chi connectivity index (χ4n) is 1.82. The summed E-state index contributed by atoms with van der Waals surface area (Å²) in [5, 5.41) is 0. The monoisotopic (exact) mass is 260 g/mol. The molecule has 0 saturated carbocycles. The number of methoxy groups -OCH3 is 2. The van der Waals surface area contributed by atoms with Crippen LogP contribution in [-0.4, -0.2) is 31.2 Å². The first-order chi connectivity index (χ1) is 9.19. The van der Waals surface area contributed by atoms with Crippen LogP contribution in [0.5, 0.6) is 11.6 Å². The smallest absolute Gasteiger partial charge is 0.242 e. The van der Waals surface area contributed by atoms with Gasteiger partial charge in [-0.2, -0.15) is 4.98 Å². The molecule has 19 heavy (non-hydrogen) atoms. The van der Waals surface area contributed by atoms with Crippen molar-refractivity contribution in [3.63, 3.8) is 0 Å². The van der Waals surface area contributed by atoms with Crippen LogP contribution in [-0.2, 0) is 0 Å². The second kappa shape index (κ2) is 5.43. The molecule has 0 bridgehead atoms. The summed E-state index contributed by atoms with van der Waals surface area (Å²) in [7, 11) is 5.00. The molecule has 2 aromatic rings. The number of benzene rings is 1. The average Bonchev–Trinajstić information content (AvgIpc) is 2.46. The van der Waals surface area contributed by atoms with E-state index in [-0.39, 0.29) is 0 Å². The molecule has 0 atom stereocenters. The van der Waals surface area contributed by atoms with E-state index in [1.165, 1.54) is 13.4 Å². The van der Waals surface area contributed by atoms with E-state index < -0.39 is 0 Å². The maximum Gasteiger partial charge on any atom is 0.242 e. The van der Waals surface area contributed by atoms with Crippen LogP contribution in [0, 0.1) is 0 Å². The Kier molecular flexibility index (Phi) is 3.70. The predicted octanol–water partition coefficient (Wildman–Crippen LogP) is 1.84. The van der Waals surface area contributed by atoms with Crippen molar-refractivity contribution >= 4 is 17.2 Å². The van der Waals surface area contributed by atoms with Crippen molar-refractivity contribution in [1.82, 2.24) is 9.97 Å². The van der Waals surface area contributed by atoms with Crippen molar-refractivity contribution in [2.45, 2.75) is 0 Å². The molecular formula is C13H16N4O2. The zero-order chi connectivity index (χ0) is 13.8. The Hall–Kier alpha value is -2.50. The van der Waals surface area contributed by atoms with Crippen LogP contribution in [0.4, 0.5) is 17.2 Å². The maximum absolute atomic E-state index is 5.99. The highest BCUT2D eigenvalue weighted by atomic mass is 16.5. The minimum atomic E-state index is 0.353. The van der Waals surface area contributed by atoms with Gasteiger partial charge in [-0.05, 0) is 12.1 Å². The summed E-state index contributed by atoms with van der Waals surface area (Å²) in [5.41, 5.74) is 7.24. The molecule has 100 valence electrons. The lowest BCUT2D eigenvalue weighted by Crippen LogP contribution is -2.15. The molecule has 0 aliphatic rings. The highest BCUT2D eigenvalue weighted by molar-refractivity contribution is 5.76. The number of rotatable bonds is 4. The molecular weight excluding hydrogens is 244 g/mol. The lowest BCUT2D eigenvalue weighted by atomic mass is 10.2. The summed E-state index contributed by atoms with van der Waals surface area (Å²) in [6, 6.07) is 7.62. The molecule has 2 N–H and O–H groups in total. The fraction of sp³-hybridized carbons (Fsp3) is 0.231. The summed E-state index contributed by atoms with van der Waals surface area (Å²) in [5.74, 6) is 1.66. The molecule has 1 aromatic carbocycles. The zero-order valence-corrected chi connectivity index (χ0v) is 11.1. The van der Waals surface area contributed by atoms with Crippen molar-refractivity contribution in [2.75, 3.05) is 31.9 Å². The standard InChI is InChI=1S/C13H16N4O2/c1-17(9-6-4-5-7-10(9)18-2)12-11(14)13(19-3)16-8-15-12/h4-8H,14H2,1-3H3. The molecule has 0 unspecified atom stereocenters. The van der Waals surface area contributed by atoms with E-state index in [0.717, 1.165) is 11.4 Å². The van der Waals surface area contributed by atoms with Gasteiger partial charge in [-0.25, -0.2) is 4.98 Å². The molecule has 0 fully saturated rings. The van der Waals surface area contributed by atoms with Crippen LogP contribution < -0.4 is 20.1 Å². The van der Waals surface area contributed by atoms with Gasteiger partial charge in [-0.15, -0.1) is 0 Å². The quantitative estimate of drug-likeness (QED) is 0.904. The number of para-hydroxylation sites is 2. The molecule has 0 aliphatic carbocycles. The first kappa shape index (κ1) is 12.9. The van der Waals surface area contributed by atoms with E-state index in [0.29, 0.717) is 17.4 Å². The highest BCUT2D eigenvalue weighted by Gasteiger charge is 2.16. The zero-order valence-electron chi connectivity index (χ0n) is 11.1. The van der Waals surface area contributed by atoms with Gasteiger partial charge in [0, 0.05) is 7.05 Å². The largest absolute Gasteiger partial charge is 0.495 e. The van der Waals surface area contributed by atoms with Gasteiger partial charge < -0.3 is 20.1 Å². The third-order valence-corrected chi connectivity index (χ3v) is 2.78. The number of ether oxygens (including phenoxy) is 2. The number of nitrogen functional groups attached to an aromatic ring is 1. The van der Waals surface area contributed by atoms with Gasteiger partial charge in [0.25, 0.3) is 0 Å². The summed E-state index contributed by atoms with van der Waals surface area (Å²) in [4.78, 5) is 9.98. The average molecular weight is 260 g/mol. The first-order valence-electron chi connectivity index (χ1n) is 5.70. The van der Waals surface area contributed by atoms with E-state index in [1.807, 2.05) is 36.2 Å². The predicted molar refractivity (Wildman–Crippen MR) is 74.1 cm³/mol. The Labute approximate surface area is 111 Å². The number of anilines is 3. The Morgan fingerprint density at radius 1 is 1.11 bits per heavy atom. The van der Waals surface area contributed by atoms with Crippen LogP contribution in [0.1, 0.15) is 0 Å². The van der Waals surface area contributed by atoms with Crippen LogP contribution >= 0.6 is 0 Å². The molecule has 6 heteroatoms. The Balaban J connectivity index is 2.47. The number of aromatic nitrogens is 2. The molecule has 0 spiro atoms. The highest BCUT2D eigenvalue weighted by Crippen LogP contribution is 2.35. The molecule has 0 saturated heterocycles. The molecule has 1 heterocycles. The second-order valence-corrected chi connectivity index (χ2v) is 3.85. The molecule has 2 rings (SSSR count). The molecule has 0 amide bonds. The van der Waals surface area contributed by atoms with E-state index in [1.54, 1.807) is 7.11 Å². The van der Waals surface area contributed by atoms with Crippen LogP contribution in [0.3, 0.4) is 0 Å². The van der Waals surface area contributed by atoms with Gasteiger partial charge in [0.05, 0.1) is 19.9 Å². The molecule has 0 radical (unpaired) electrons. The third kappa shape index (κ3) is 2.37. The van der Waals surface area contributed by atoms with E-state index in [4.69, 9.17) is 15.2 Å². The Morgan fingerprint density at radius 3 is 2.53 bits per heavy atom. The van der Waals surface area contributed by atoms with E-state index >= 15 is 0 Å². The Bertz CT molecular complexity index is 574. The minimum absolute atomic E-state index is 0.353. The van der Waals surface area contributed by atoms with E-state index in [2.05, 4.69) is 9.97 Å². The van der Waals surface area contributed by atoms with Gasteiger partial charge in [0.1, 0.15) is 17.8 Å². The van der Waals surface area contributed by atoms with Crippen molar-refractivity contribution in [1.29, 1.82) is 0 Å². The SMILES string of the molecule is COc1ccccc1N(C)c1ncnc(OC)c1N. The molecule has 1 aromatic heterocycles. The minimum Gasteiger partial charge on any atom is -0.495 e. The third-order valence-electron chi connectivity index (χ3n) is 2.78. The lowest BCUT2D eigenvalue weighted by Gasteiger charge is -2.22. The van der Waals surface area contributed by atoms with Gasteiger partial charge in [-0.1, -0.05) is 12.1 Å². The second-order valence-electron chi connectivity index (χ2n) is 3.85. The van der Waals surface area contributed by atoms with Gasteiger partial charge in [0.2, 0.25) is 5.88 Å². The molecule has 6 nitrogen and oxygen atoms in total. The Morgan fingerprint density at radius 2 is 1.84 bits per heavy atom. The number of hydrogen-bond donors (Lipinski definition) is 1. The number of hydrogen-bond acceptors (Lipinski definition) is 6. The van der Waals surface area contributed by atoms with Crippen molar-refractivity contribution in [2.24, 2.45) is 0 Å². The van der Waals surface area contributed by atoms with Gasteiger partial charge in [0.15, 0.2) is 5.82 Å². The fourth-order valence-corrected chi connectivity index (χ4v) is 1.82. The van der Waals surface area contributed by atoms with Crippen molar-refractivity contribution in [3.8, 4) is 11.6 Å². The summed E-state index contributed by atoms with van der Waals surface area (Å²) < 4.78 is 10.4. The number of nitrogens with zero attached hydrogens (tertiary/aromatic N) is 3. The summed E-state index contributed by atoms with van der Waals surface area (Å²) >= 11 is 0. The maximum atomic E-state index is 5.99. The lowest BCUT2D eigenvalue weighted by molar-refractivity contribution is 0.399. The van der Waals surface area contributed by atoms with Crippen LogP contribution in [0.15, 0.2) is 30.6 Å². The van der Waals surface area contributed by atoms with Crippen molar-refractivity contribution in [3.05, 3.63) is 30.6 Å². The van der Waals surface area contributed by atoms with Crippen molar-refractivity contribution < 1.29 is 9.47 Å². The van der Waals surface area contributed by atoms with Gasteiger partial charge in [-0.3, -0.25) is 0 Å². The van der Waals surface area contributed by atoms with Crippen LogP contribution in [0.2, 0.25) is 0 Å². The summed E-state index contributed by atoms with van der Waals surface area (Å²) in [6.45, 7) is 0. The van der Waals surface area contributed by atoms with E-state index in [9.17, 15) is 0 Å². The van der Waals surface area contributed by atoms with Gasteiger partial charge >= 0.3 is 0 Å². The first-order valence-corrected chi connectivity index (χ1v) is 5.70.